The summed E-state index contributed by atoms with van der Waals surface area (Å²) in [6.07, 6.45) is 3.03. The van der Waals surface area contributed by atoms with E-state index in [1.54, 1.807) is 32.0 Å². The Labute approximate surface area is 205 Å². The maximum atomic E-state index is 14.9. The van der Waals surface area contributed by atoms with Crippen LogP contribution in [0.25, 0.3) is 22.3 Å². The number of rotatable bonds is 6. The van der Waals surface area contributed by atoms with Crippen LogP contribution >= 0.6 is 11.6 Å². The molecular formula is C24H22ClFN6O3. The topological polar surface area (TPSA) is 133 Å². The molecule has 0 saturated heterocycles. The van der Waals surface area contributed by atoms with Gasteiger partial charge in [0, 0.05) is 41.9 Å². The summed E-state index contributed by atoms with van der Waals surface area (Å²) in [6, 6.07) is 7.85. The molecule has 4 N–H and O–H groups in total. The van der Waals surface area contributed by atoms with E-state index >= 15 is 0 Å². The van der Waals surface area contributed by atoms with Crippen LogP contribution < -0.4 is 10.6 Å². The summed E-state index contributed by atoms with van der Waals surface area (Å²) in [6.45, 7) is 4.98. The van der Waals surface area contributed by atoms with E-state index in [1.165, 1.54) is 24.7 Å². The van der Waals surface area contributed by atoms with Crippen molar-refractivity contribution in [2.45, 2.75) is 32.4 Å². The molecule has 1 aromatic carbocycles. The standard InChI is InChI=1S/C24H22ClFN6O3/c1-12(13-5-4-6-15(7-13)31-23(33)34)30-20-16(25)11-27-18-8-17(26)19(32-21(18)20)14-9-28-22(29-10-14)24(2,3)35/h4-12,31,35H,1-3H3,(H,27,30)(H,33,34). The van der Waals surface area contributed by atoms with Crippen molar-refractivity contribution in [3.8, 4) is 11.3 Å². The van der Waals surface area contributed by atoms with Gasteiger partial charge in [-0.3, -0.25) is 10.3 Å². The van der Waals surface area contributed by atoms with Crippen molar-refractivity contribution in [3.63, 3.8) is 0 Å². The van der Waals surface area contributed by atoms with Gasteiger partial charge in [-0.1, -0.05) is 23.7 Å². The first-order valence-electron chi connectivity index (χ1n) is 10.6. The highest BCUT2D eigenvalue weighted by atomic mass is 35.5. The van der Waals surface area contributed by atoms with Gasteiger partial charge < -0.3 is 15.5 Å². The van der Waals surface area contributed by atoms with E-state index in [2.05, 4.69) is 30.6 Å². The monoisotopic (exact) mass is 496 g/mol. The lowest BCUT2D eigenvalue weighted by Crippen LogP contribution is -2.19. The number of aliphatic hydroxyl groups is 1. The van der Waals surface area contributed by atoms with E-state index in [9.17, 15) is 14.3 Å². The van der Waals surface area contributed by atoms with Crippen molar-refractivity contribution in [2.75, 3.05) is 10.6 Å². The van der Waals surface area contributed by atoms with Gasteiger partial charge in [0.1, 0.15) is 16.8 Å². The molecule has 11 heteroatoms. The second kappa shape index (κ2) is 9.40. The van der Waals surface area contributed by atoms with Crippen molar-refractivity contribution in [1.82, 2.24) is 19.9 Å². The van der Waals surface area contributed by atoms with Gasteiger partial charge in [-0.05, 0) is 38.5 Å². The van der Waals surface area contributed by atoms with Crippen LogP contribution in [0.5, 0.6) is 0 Å². The van der Waals surface area contributed by atoms with Crippen LogP contribution in [0.4, 0.5) is 20.6 Å². The van der Waals surface area contributed by atoms with Crippen LogP contribution in [-0.4, -0.2) is 36.2 Å². The minimum absolute atomic E-state index is 0.00669. The average molecular weight is 497 g/mol. The molecular weight excluding hydrogens is 475 g/mol. The predicted molar refractivity (Wildman–Crippen MR) is 131 cm³/mol. The number of amides is 1. The molecule has 0 spiro atoms. The Morgan fingerprint density at radius 2 is 1.86 bits per heavy atom. The summed E-state index contributed by atoms with van der Waals surface area (Å²) >= 11 is 6.44. The number of fused-ring (bicyclic) bond motifs is 1. The summed E-state index contributed by atoms with van der Waals surface area (Å²) in [5, 5.41) is 24.9. The van der Waals surface area contributed by atoms with Crippen LogP contribution in [-0.2, 0) is 5.60 Å². The molecule has 9 nitrogen and oxygen atoms in total. The number of carboxylic acid groups (broad SMARTS) is 1. The Morgan fingerprint density at radius 3 is 2.51 bits per heavy atom. The quantitative estimate of drug-likeness (QED) is 0.280. The summed E-state index contributed by atoms with van der Waals surface area (Å²) in [5.41, 5.74) is 1.37. The molecule has 0 aliphatic carbocycles. The zero-order valence-electron chi connectivity index (χ0n) is 19.0. The minimum Gasteiger partial charge on any atom is -0.465 e. The van der Waals surface area contributed by atoms with Crippen LogP contribution in [0.3, 0.4) is 0 Å². The van der Waals surface area contributed by atoms with E-state index in [0.717, 1.165) is 5.56 Å². The van der Waals surface area contributed by atoms with E-state index in [1.807, 2.05) is 13.0 Å². The van der Waals surface area contributed by atoms with Crippen molar-refractivity contribution < 1.29 is 19.4 Å². The van der Waals surface area contributed by atoms with Gasteiger partial charge >= 0.3 is 6.09 Å². The Bertz CT molecular complexity index is 1410. The van der Waals surface area contributed by atoms with Crippen molar-refractivity contribution >= 4 is 40.1 Å². The fourth-order valence-corrected chi connectivity index (χ4v) is 3.67. The Morgan fingerprint density at radius 1 is 1.14 bits per heavy atom. The molecule has 0 radical (unpaired) electrons. The van der Waals surface area contributed by atoms with Gasteiger partial charge in [-0.2, -0.15) is 0 Å². The van der Waals surface area contributed by atoms with Gasteiger partial charge in [0.05, 0.1) is 16.2 Å². The number of anilines is 2. The number of nitrogens with zero attached hydrogens (tertiary/aromatic N) is 4. The molecule has 3 aromatic heterocycles. The maximum absolute atomic E-state index is 14.9. The number of hydrogen-bond acceptors (Lipinski definition) is 7. The van der Waals surface area contributed by atoms with Gasteiger partial charge in [-0.25, -0.2) is 24.1 Å². The van der Waals surface area contributed by atoms with Gasteiger partial charge in [0.15, 0.2) is 11.6 Å². The highest BCUT2D eigenvalue weighted by Gasteiger charge is 2.21. The minimum atomic E-state index is -1.24. The molecule has 0 fully saturated rings. The molecule has 4 rings (SSSR count). The van der Waals surface area contributed by atoms with Crippen molar-refractivity contribution in [2.24, 2.45) is 0 Å². The lowest BCUT2D eigenvalue weighted by atomic mass is 10.1. The maximum Gasteiger partial charge on any atom is 0.409 e. The van der Waals surface area contributed by atoms with Crippen LogP contribution in [0.15, 0.2) is 48.9 Å². The number of halogens is 2. The Balaban J connectivity index is 1.73. The van der Waals surface area contributed by atoms with E-state index in [4.69, 9.17) is 16.7 Å². The second-order valence-electron chi connectivity index (χ2n) is 8.44. The zero-order chi connectivity index (χ0) is 25.3. The molecule has 180 valence electrons. The average Bonchev–Trinajstić information content (AvgIpc) is 2.80. The third-order valence-corrected chi connectivity index (χ3v) is 5.51. The highest BCUT2D eigenvalue weighted by molar-refractivity contribution is 6.34. The number of benzene rings is 1. The number of carbonyl (C=O) groups is 1. The van der Waals surface area contributed by atoms with Crippen molar-refractivity contribution in [1.29, 1.82) is 0 Å². The fourth-order valence-electron chi connectivity index (χ4n) is 3.48. The smallest absolute Gasteiger partial charge is 0.409 e. The molecule has 3 heterocycles. The lowest BCUT2D eigenvalue weighted by molar-refractivity contribution is 0.0687. The molecule has 4 aromatic rings. The third-order valence-electron chi connectivity index (χ3n) is 5.22. The summed E-state index contributed by atoms with van der Waals surface area (Å²) in [4.78, 5) is 27.9. The molecule has 1 unspecified atom stereocenters. The number of aromatic nitrogens is 4. The summed E-state index contributed by atoms with van der Waals surface area (Å²) in [5.74, 6) is -0.415. The molecule has 0 bridgehead atoms. The SMILES string of the molecule is CC(Nc1c(Cl)cnc2cc(F)c(-c3cnc(C(C)(C)O)nc3)nc12)c1cccc(NC(=O)O)c1. The largest absolute Gasteiger partial charge is 0.465 e. The van der Waals surface area contributed by atoms with Crippen LogP contribution in [0.1, 0.15) is 38.2 Å². The van der Waals surface area contributed by atoms with Gasteiger partial charge in [0.2, 0.25) is 0 Å². The highest BCUT2D eigenvalue weighted by Crippen LogP contribution is 2.34. The lowest BCUT2D eigenvalue weighted by Gasteiger charge is -2.19. The molecule has 0 aliphatic heterocycles. The molecule has 35 heavy (non-hydrogen) atoms. The Kier molecular flexibility index (Phi) is 6.51. The number of nitrogens with one attached hydrogen (secondary N) is 2. The van der Waals surface area contributed by atoms with E-state index in [0.29, 0.717) is 28.0 Å². The number of pyridine rings is 2. The molecule has 0 saturated carbocycles. The van der Waals surface area contributed by atoms with Gasteiger partial charge in [0.25, 0.3) is 0 Å². The molecule has 1 atom stereocenters. The normalized spacial score (nSPS) is 12.4. The van der Waals surface area contributed by atoms with E-state index < -0.39 is 17.5 Å². The molecule has 1 amide bonds. The summed E-state index contributed by atoms with van der Waals surface area (Å²) < 4.78 is 14.9. The third kappa shape index (κ3) is 5.28. The zero-order valence-corrected chi connectivity index (χ0v) is 19.8. The van der Waals surface area contributed by atoms with Crippen LogP contribution in [0.2, 0.25) is 5.02 Å². The van der Waals surface area contributed by atoms with E-state index in [-0.39, 0.29) is 22.6 Å². The first kappa shape index (κ1) is 24.2. The first-order valence-corrected chi connectivity index (χ1v) is 11.0. The second-order valence-corrected chi connectivity index (χ2v) is 8.85. The van der Waals surface area contributed by atoms with Crippen LogP contribution in [0, 0.1) is 5.82 Å². The predicted octanol–water partition coefficient (Wildman–Crippen LogP) is 5.37. The summed E-state index contributed by atoms with van der Waals surface area (Å²) in [7, 11) is 0. The number of hydrogen-bond donors (Lipinski definition) is 4. The fraction of sp³-hybridized carbons (Fsp3) is 0.208. The van der Waals surface area contributed by atoms with Gasteiger partial charge in [-0.15, -0.1) is 0 Å². The first-order chi connectivity index (χ1) is 16.5. The van der Waals surface area contributed by atoms with Crippen molar-refractivity contribution in [3.05, 3.63) is 71.2 Å². The Hall–Kier alpha value is -3.89. The molecule has 0 aliphatic rings.